The molecular formula is C17H17F2NO3. The first-order valence-corrected chi connectivity index (χ1v) is 6.94. The van der Waals surface area contributed by atoms with Crippen LogP contribution in [-0.4, -0.2) is 24.7 Å². The van der Waals surface area contributed by atoms with Crippen molar-refractivity contribution in [2.75, 3.05) is 13.7 Å². The highest BCUT2D eigenvalue weighted by Gasteiger charge is 2.28. The fourth-order valence-corrected chi connectivity index (χ4v) is 2.20. The highest BCUT2D eigenvalue weighted by atomic mass is 19.1. The zero-order valence-electron chi connectivity index (χ0n) is 12.8. The molecule has 0 saturated heterocycles. The normalized spacial score (nSPS) is 13.3. The van der Waals surface area contributed by atoms with Gasteiger partial charge in [-0.05, 0) is 25.1 Å². The number of methoxy groups -OCH3 is 1. The third-order valence-electron chi connectivity index (χ3n) is 3.46. The maximum absolute atomic E-state index is 13.8. The molecule has 0 heterocycles. The van der Waals surface area contributed by atoms with Crippen molar-refractivity contribution in [3.05, 3.63) is 65.2 Å². The third-order valence-corrected chi connectivity index (χ3v) is 3.46. The van der Waals surface area contributed by atoms with E-state index in [0.717, 1.165) is 12.1 Å². The summed E-state index contributed by atoms with van der Waals surface area (Å²) in [5.74, 6) is -1.69. The molecule has 1 atom stereocenters. The maximum atomic E-state index is 13.8. The Hall–Kier alpha value is -2.47. The summed E-state index contributed by atoms with van der Waals surface area (Å²) in [7, 11) is 1.44. The first-order valence-electron chi connectivity index (χ1n) is 6.94. The van der Waals surface area contributed by atoms with E-state index in [-0.39, 0.29) is 12.1 Å². The van der Waals surface area contributed by atoms with Crippen LogP contribution < -0.4 is 10.1 Å². The lowest BCUT2D eigenvalue weighted by Crippen LogP contribution is -2.39. The molecule has 6 heteroatoms. The molecule has 0 spiro atoms. The molecule has 0 aliphatic carbocycles. The zero-order valence-corrected chi connectivity index (χ0v) is 12.8. The molecule has 0 unspecified atom stereocenters. The number of carbonyl (C=O) groups is 1. The predicted molar refractivity (Wildman–Crippen MR) is 81.3 cm³/mol. The summed E-state index contributed by atoms with van der Waals surface area (Å²) in [5, 5.41) is 12.9. The number of rotatable bonds is 5. The number of hydrogen-bond acceptors (Lipinski definition) is 3. The Morgan fingerprint density at radius 3 is 2.61 bits per heavy atom. The highest BCUT2D eigenvalue weighted by molar-refractivity contribution is 5.96. The summed E-state index contributed by atoms with van der Waals surface area (Å²) in [5.41, 5.74) is -1.49. The second-order valence-electron chi connectivity index (χ2n) is 5.28. The van der Waals surface area contributed by atoms with Gasteiger partial charge in [-0.1, -0.05) is 18.2 Å². The second kappa shape index (κ2) is 6.75. The van der Waals surface area contributed by atoms with Crippen molar-refractivity contribution in [3.8, 4) is 5.75 Å². The molecule has 0 aliphatic rings. The highest BCUT2D eigenvalue weighted by Crippen LogP contribution is 2.24. The molecule has 1 amide bonds. The van der Waals surface area contributed by atoms with Gasteiger partial charge in [0.25, 0.3) is 5.91 Å². The van der Waals surface area contributed by atoms with Crippen molar-refractivity contribution in [1.82, 2.24) is 5.32 Å². The van der Waals surface area contributed by atoms with Gasteiger partial charge in [-0.15, -0.1) is 0 Å². The van der Waals surface area contributed by atoms with Crippen molar-refractivity contribution in [2.45, 2.75) is 12.5 Å². The number of para-hydroxylation sites is 1. The maximum Gasteiger partial charge on any atom is 0.255 e. The molecule has 2 aromatic rings. The van der Waals surface area contributed by atoms with Crippen molar-refractivity contribution in [1.29, 1.82) is 0 Å². The van der Waals surface area contributed by atoms with Gasteiger partial charge in [0.15, 0.2) is 0 Å². The second-order valence-corrected chi connectivity index (χ2v) is 5.28. The SMILES string of the molecule is COc1ccccc1C(=O)NC[C@@](C)(O)c1ccc(F)cc1F. The molecule has 122 valence electrons. The van der Waals surface area contributed by atoms with Gasteiger partial charge in [0.05, 0.1) is 19.2 Å². The van der Waals surface area contributed by atoms with Gasteiger partial charge in [-0.3, -0.25) is 4.79 Å². The minimum Gasteiger partial charge on any atom is -0.496 e. The smallest absolute Gasteiger partial charge is 0.255 e. The van der Waals surface area contributed by atoms with Crippen molar-refractivity contribution in [2.24, 2.45) is 0 Å². The van der Waals surface area contributed by atoms with E-state index in [4.69, 9.17) is 4.74 Å². The molecule has 0 aromatic heterocycles. The largest absolute Gasteiger partial charge is 0.496 e. The Morgan fingerprint density at radius 2 is 1.96 bits per heavy atom. The first kappa shape index (κ1) is 16.9. The molecule has 0 radical (unpaired) electrons. The molecule has 2 N–H and O–H groups in total. The van der Waals surface area contributed by atoms with E-state index < -0.39 is 23.1 Å². The van der Waals surface area contributed by atoms with Crippen molar-refractivity contribution < 1.29 is 23.4 Å². The zero-order chi connectivity index (χ0) is 17.0. The first-order chi connectivity index (χ1) is 10.8. The molecule has 0 bridgehead atoms. The monoisotopic (exact) mass is 321 g/mol. The van der Waals surface area contributed by atoms with Crippen molar-refractivity contribution >= 4 is 5.91 Å². The van der Waals surface area contributed by atoms with Gasteiger partial charge in [0.1, 0.15) is 23.0 Å². The summed E-state index contributed by atoms with van der Waals surface area (Å²) in [6.45, 7) is 1.10. The fraction of sp³-hybridized carbons (Fsp3) is 0.235. The average molecular weight is 321 g/mol. The lowest BCUT2D eigenvalue weighted by molar-refractivity contribution is 0.0493. The number of benzene rings is 2. The number of hydrogen-bond donors (Lipinski definition) is 2. The average Bonchev–Trinajstić information content (AvgIpc) is 2.52. The van der Waals surface area contributed by atoms with Gasteiger partial charge >= 0.3 is 0 Å². The summed E-state index contributed by atoms with van der Waals surface area (Å²) < 4.78 is 31.8. The van der Waals surface area contributed by atoms with Crippen LogP contribution in [-0.2, 0) is 5.60 Å². The van der Waals surface area contributed by atoms with Gasteiger partial charge < -0.3 is 15.2 Å². The molecule has 23 heavy (non-hydrogen) atoms. The lowest BCUT2D eigenvalue weighted by Gasteiger charge is -2.25. The minimum atomic E-state index is -1.69. The van der Waals surface area contributed by atoms with E-state index in [9.17, 15) is 18.7 Å². The summed E-state index contributed by atoms with van der Waals surface area (Å²) in [6, 6.07) is 9.49. The number of carbonyl (C=O) groups excluding carboxylic acids is 1. The van der Waals surface area contributed by atoms with Gasteiger partial charge in [0.2, 0.25) is 0 Å². The number of halogens is 2. The van der Waals surface area contributed by atoms with Crippen LogP contribution in [0.3, 0.4) is 0 Å². The van der Waals surface area contributed by atoms with E-state index in [2.05, 4.69) is 5.32 Å². The van der Waals surface area contributed by atoms with Crippen LogP contribution in [0, 0.1) is 11.6 Å². The summed E-state index contributed by atoms with van der Waals surface area (Å²) in [6.07, 6.45) is 0. The van der Waals surface area contributed by atoms with Crippen LogP contribution in [0.4, 0.5) is 8.78 Å². The van der Waals surface area contributed by atoms with Crippen LogP contribution in [0.25, 0.3) is 0 Å². The Bertz CT molecular complexity index is 717. The molecule has 0 fully saturated rings. The van der Waals surface area contributed by atoms with Crippen LogP contribution in [0.2, 0.25) is 0 Å². The van der Waals surface area contributed by atoms with Crippen LogP contribution in [0.1, 0.15) is 22.8 Å². The quantitative estimate of drug-likeness (QED) is 0.890. The Labute approximate surface area is 132 Å². The van der Waals surface area contributed by atoms with Crippen LogP contribution >= 0.6 is 0 Å². The van der Waals surface area contributed by atoms with E-state index in [1.807, 2.05) is 0 Å². The molecule has 2 rings (SSSR count). The molecule has 4 nitrogen and oxygen atoms in total. The Morgan fingerprint density at radius 1 is 1.26 bits per heavy atom. The predicted octanol–water partition coefficient (Wildman–Crippen LogP) is 2.61. The lowest BCUT2D eigenvalue weighted by atomic mass is 9.95. The third kappa shape index (κ3) is 3.84. The van der Waals surface area contributed by atoms with Crippen LogP contribution in [0.5, 0.6) is 5.75 Å². The number of aliphatic hydroxyl groups is 1. The Balaban J connectivity index is 2.14. The minimum absolute atomic E-state index is 0.0979. The summed E-state index contributed by atoms with van der Waals surface area (Å²) in [4.78, 5) is 12.2. The fourth-order valence-electron chi connectivity index (χ4n) is 2.20. The van der Waals surface area contributed by atoms with Gasteiger partial charge in [-0.25, -0.2) is 8.78 Å². The van der Waals surface area contributed by atoms with E-state index >= 15 is 0 Å². The molecule has 0 saturated carbocycles. The molecular weight excluding hydrogens is 304 g/mol. The molecule has 0 aliphatic heterocycles. The number of ether oxygens (including phenoxy) is 1. The standard InChI is InChI=1S/C17H17F2NO3/c1-17(22,13-8-7-11(18)9-14(13)19)10-20-16(21)12-5-3-4-6-15(12)23-2/h3-9,22H,10H2,1-2H3,(H,20,21)/t17-/m1/s1. The van der Waals surface area contributed by atoms with Crippen molar-refractivity contribution in [3.63, 3.8) is 0 Å². The number of amides is 1. The Kier molecular flexibility index (Phi) is 4.95. The summed E-state index contributed by atoms with van der Waals surface area (Å²) >= 11 is 0. The van der Waals surface area contributed by atoms with E-state index in [1.165, 1.54) is 14.0 Å². The van der Waals surface area contributed by atoms with E-state index in [1.54, 1.807) is 24.3 Å². The van der Waals surface area contributed by atoms with Gasteiger partial charge in [-0.2, -0.15) is 0 Å². The topological polar surface area (TPSA) is 58.6 Å². The molecule has 2 aromatic carbocycles. The van der Waals surface area contributed by atoms with Crippen LogP contribution in [0.15, 0.2) is 42.5 Å². The van der Waals surface area contributed by atoms with E-state index in [0.29, 0.717) is 17.4 Å². The number of nitrogens with one attached hydrogen (secondary N) is 1. The van der Waals surface area contributed by atoms with Gasteiger partial charge in [0, 0.05) is 11.6 Å².